The van der Waals surface area contributed by atoms with Gasteiger partial charge in [-0.2, -0.15) is 0 Å². The lowest BCUT2D eigenvalue weighted by molar-refractivity contribution is 0.112. The van der Waals surface area contributed by atoms with Crippen LogP contribution < -0.4 is 15.2 Å². The second-order valence-corrected chi connectivity index (χ2v) is 4.96. The first kappa shape index (κ1) is 16.8. The van der Waals surface area contributed by atoms with Crippen LogP contribution >= 0.6 is 0 Å². The van der Waals surface area contributed by atoms with Gasteiger partial charge < -0.3 is 19.9 Å². The molecule has 5 nitrogen and oxygen atoms in total. The van der Waals surface area contributed by atoms with Crippen molar-refractivity contribution in [2.24, 2.45) is 5.73 Å². The van der Waals surface area contributed by atoms with E-state index in [1.807, 2.05) is 25.2 Å². The molecule has 5 heteroatoms. The molecule has 0 heterocycles. The molecule has 0 spiro atoms. The summed E-state index contributed by atoms with van der Waals surface area (Å²) in [5, 5.41) is 0. The Morgan fingerprint density at radius 2 is 1.90 bits per heavy atom. The van der Waals surface area contributed by atoms with E-state index in [0.29, 0.717) is 19.2 Å². The molecule has 1 aromatic rings. The number of nitrogens with two attached hydrogens (primary N) is 1. The molecule has 1 aromatic carbocycles. The van der Waals surface area contributed by atoms with Crippen LogP contribution in [-0.2, 0) is 4.74 Å². The first-order chi connectivity index (χ1) is 9.53. The molecule has 2 unspecified atom stereocenters. The fraction of sp³-hybridized carbons (Fsp3) is 0.600. The molecule has 0 radical (unpaired) electrons. The van der Waals surface area contributed by atoms with E-state index in [9.17, 15) is 0 Å². The summed E-state index contributed by atoms with van der Waals surface area (Å²) in [6, 6.07) is 5.84. The summed E-state index contributed by atoms with van der Waals surface area (Å²) >= 11 is 0. The number of likely N-dealkylation sites (N-methyl/N-ethyl adjacent to an activating group) is 1. The topological polar surface area (TPSA) is 57.0 Å². The second-order valence-electron chi connectivity index (χ2n) is 4.96. The van der Waals surface area contributed by atoms with Gasteiger partial charge in [0, 0.05) is 31.3 Å². The number of rotatable bonds is 8. The van der Waals surface area contributed by atoms with Crippen LogP contribution in [0.5, 0.6) is 11.5 Å². The number of methoxy groups -OCH3 is 3. The van der Waals surface area contributed by atoms with E-state index in [-0.39, 0.29) is 6.04 Å². The van der Waals surface area contributed by atoms with Crippen LogP contribution in [0.1, 0.15) is 18.5 Å². The molecule has 2 atom stereocenters. The van der Waals surface area contributed by atoms with Gasteiger partial charge in [-0.15, -0.1) is 0 Å². The Balaban J connectivity index is 2.82. The number of benzene rings is 1. The Bertz CT molecular complexity index is 412. The van der Waals surface area contributed by atoms with Crippen molar-refractivity contribution in [2.75, 3.05) is 41.5 Å². The SMILES string of the molecule is COCC(C)N(C)CC(N)c1cc(OC)ccc1OC. The van der Waals surface area contributed by atoms with Crippen molar-refractivity contribution in [3.63, 3.8) is 0 Å². The summed E-state index contributed by atoms with van der Waals surface area (Å²) < 4.78 is 15.8. The van der Waals surface area contributed by atoms with Crippen molar-refractivity contribution >= 4 is 0 Å². The zero-order chi connectivity index (χ0) is 15.1. The fourth-order valence-electron chi connectivity index (χ4n) is 2.09. The maximum Gasteiger partial charge on any atom is 0.123 e. The molecule has 0 aliphatic carbocycles. The number of hydrogen-bond donors (Lipinski definition) is 1. The highest BCUT2D eigenvalue weighted by molar-refractivity contribution is 5.42. The fourth-order valence-corrected chi connectivity index (χ4v) is 2.09. The monoisotopic (exact) mass is 282 g/mol. The quantitative estimate of drug-likeness (QED) is 0.786. The highest BCUT2D eigenvalue weighted by Crippen LogP contribution is 2.28. The molecule has 0 aliphatic heterocycles. The Hall–Kier alpha value is -1.30. The lowest BCUT2D eigenvalue weighted by Crippen LogP contribution is -2.38. The molecular weight excluding hydrogens is 256 g/mol. The van der Waals surface area contributed by atoms with Crippen LogP contribution in [0.4, 0.5) is 0 Å². The Morgan fingerprint density at radius 3 is 2.45 bits per heavy atom. The highest BCUT2D eigenvalue weighted by atomic mass is 16.5. The third-order valence-corrected chi connectivity index (χ3v) is 3.48. The van der Waals surface area contributed by atoms with Crippen molar-refractivity contribution in [1.82, 2.24) is 4.90 Å². The third kappa shape index (κ3) is 4.37. The first-order valence-corrected chi connectivity index (χ1v) is 6.70. The average molecular weight is 282 g/mol. The maximum atomic E-state index is 6.31. The van der Waals surface area contributed by atoms with E-state index in [1.165, 1.54) is 0 Å². The predicted molar refractivity (Wildman–Crippen MR) is 80.4 cm³/mol. The normalized spacial score (nSPS) is 14.2. The summed E-state index contributed by atoms with van der Waals surface area (Å²) in [4.78, 5) is 2.17. The van der Waals surface area contributed by atoms with E-state index < -0.39 is 0 Å². The summed E-state index contributed by atoms with van der Waals surface area (Å²) in [5.41, 5.74) is 7.26. The molecule has 0 amide bonds. The molecule has 2 N–H and O–H groups in total. The highest BCUT2D eigenvalue weighted by Gasteiger charge is 2.18. The van der Waals surface area contributed by atoms with Crippen molar-refractivity contribution in [3.8, 4) is 11.5 Å². The number of ether oxygens (including phenoxy) is 3. The lowest BCUT2D eigenvalue weighted by atomic mass is 10.0. The smallest absolute Gasteiger partial charge is 0.123 e. The largest absolute Gasteiger partial charge is 0.497 e. The van der Waals surface area contributed by atoms with Gasteiger partial charge in [-0.1, -0.05) is 0 Å². The van der Waals surface area contributed by atoms with Crippen LogP contribution in [0.3, 0.4) is 0 Å². The van der Waals surface area contributed by atoms with Gasteiger partial charge in [0.1, 0.15) is 11.5 Å². The van der Waals surface area contributed by atoms with E-state index >= 15 is 0 Å². The van der Waals surface area contributed by atoms with E-state index in [2.05, 4.69) is 11.8 Å². The molecular formula is C15H26N2O3. The van der Waals surface area contributed by atoms with Crippen LogP contribution in [0.25, 0.3) is 0 Å². The van der Waals surface area contributed by atoms with Crippen molar-refractivity contribution < 1.29 is 14.2 Å². The van der Waals surface area contributed by atoms with Gasteiger partial charge in [-0.3, -0.25) is 4.90 Å². The molecule has 114 valence electrons. The van der Waals surface area contributed by atoms with Gasteiger partial charge in [0.15, 0.2) is 0 Å². The first-order valence-electron chi connectivity index (χ1n) is 6.70. The second kappa shape index (κ2) is 8.09. The van der Waals surface area contributed by atoms with Crippen LogP contribution in [0.2, 0.25) is 0 Å². The molecule has 0 saturated carbocycles. The Kier molecular flexibility index (Phi) is 6.78. The third-order valence-electron chi connectivity index (χ3n) is 3.48. The Morgan fingerprint density at radius 1 is 1.20 bits per heavy atom. The molecule has 0 fully saturated rings. The van der Waals surface area contributed by atoms with E-state index in [1.54, 1.807) is 21.3 Å². The Labute approximate surface area is 121 Å². The summed E-state index contributed by atoms with van der Waals surface area (Å²) in [7, 11) is 7.03. The van der Waals surface area contributed by atoms with Gasteiger partial charge >= 0.3 is 0 Å². The molecule has 0 aliphatic rings. The van der Waals surface area contributed by atoms with Gasteiger partial charge in [0.05, 0.1) is 20.8 Å². The summed E-state index contributed by atoms with van der Waals surface area (Å²) in [6.07, 6.45) is 0. The maximum absolute atomic E-state index is 6.31. The van der Waals surface area contributed by atoms with E-state index in [4.69, 9.17) is 19.9 Å². The van der Waals surface area contributed by atoms with Gasteiger partial charge in [-0.05, 0) is 32.2 Å². The lowest BCUT2D eigenvalue weighted by Gasteiger charge is -2.27. The standard InChI is InChI=1S/C15H26N2O3/c1-11(10-18-3)17(2)9-14(16)13-8-12(19-4)6-7-15(13)20-5/h6-8,11,14H,9-10,16H2,1-5H3. The number of nitrogens with zero attached hydrogens (tertiary/aromatic N) is 1. The molecule has 20 heavy (non-hydrogen) atoms. The van der Waals surface area contributed by atoms with Crippen molar-refractivity contribution in [1.29, 1.82) is 0 Å². The van der Waals surface area contributed by atoms with Crippen LogP contribution in [0.15, 0.2) is 18.2 Å². The minimum atomic E-state index is -0.149. The molecule has 0 saturated heterocycles. The van der Waals surface area contributed by atoms with Gasteiger partial charge in [-0.25, -0.2) is 0 Å². The zero-order valence-corrected chi connectivity index (χ0v) is 13.1. The van der Waals surface area contributed by atoms with Crippen molar-refractivity contribution in [2.45, 2.75) is 19.0 Å². The van der Waals surface area contributed by atoms with Crippen LogP contribution in [0, 0.1) is 0 Å². The average Bonchev–Trinajstić information content (AvgIpc) is 2.46. The predicted octanol–water partition coefficient (Wildman–Crippen LogP) is 1.67. The minimum Gasteiger partial charge on any atom is -0.497 e. The zero-order valence-electron chi connectivity index (χ0n) is 13.1. The summed E-state index contributed by atoms with van der Waals surface area (Å²) in [5.74, 6) is 1.56. The number of hydrogen-bond acceptors (Lipinski definition) is 5. The van der Waals surface area contributed by atoms with Gasteiger partial charge in [0.25, 0.3) is 0 Å². The minimum absolute atomic E-state index is 0.149. The van der Waals surface area contributed by atoms with Gasteiger partial charge in [0.2, 0.25) is 0 Å². The van der Waals surface area contributed by atoms with E-state index in [0.717, 1.165) is 17.1 Å². The summed E-state index contributed by atoms with van der Waals surface area (Å²) in [6.45, 7) is 3.51. The molecule has 0 aromatic heterocycles. The van der Waals surface area contributed by atoms with Crippen LogP contribution in [-0.4, -0.2) is 52.5 Å². The van der Waals surface area contributed by atoms with Crippen molar-refractivity contribution in [3.05, 3.63) is 23.8 Å². The molecule has 1 rings (SSSR count). The molecule has 0 bridgehead atoms.